The molecule has 0 bridgehead atoms. The monoisotopic (exact) mass is 396 g/mol. The number of urea groups is 1. The van der Waals surface area contributed by atoms with Gasteiger partial charge < -0.3 is 26.6 Å². The number of piperazine rings is 1. The van der Waals surface area contributed by atoms with E-state index in [2.05, 4.69) is 10.3 Å². The number of primary amides is 2. The zero-order valence-corrected chi connectivity index (χ0v) is 16.0. The second-order valence-corrected chi connectivity index (χ2v) is 6.81. The maximum absolute atomic E-state index is 12.8. The number of nitrogens with zero attached hydrogens (tertiary/aromatic N) is 3. The van der Waals surface area contributed by atoms with Gasteiger partial charge in [-0.05, 0) is 17.7 Å². The predicted octanol–water partition coefficient (Wildman–Crippen LogP) is 0.629. The lowest BCUT2D eigenvalue weighted by Gasteiger charge is -2.36. The summed E-state index contributed by atoms with van der Waals surface area (Å²) in [7, 11) is 0. The van der Waals surface area contributed by atoms with Crippen LogP contribution >= 0.6 is 0 Å². The van der Waals surface area contributed by atoms with Crippen molar-refractivity contribution >= 4 is 23.7 Å². The van der Waals surface area contributed by atoms with E-state index in [0.29, 0.717) is 31.7 Å². The Morgan fingerprint density at radius 2 is 1.69 bits per heavy atom. The van der Waals surface area contributed by atoms with Crippen molar-refractivity contribution in [2.75, 3.05) is 31.1 Å². The second kappa shape index (κ2) is 9.05. The first-order chi connectivity index (χ1) is 13.9. The summed E-state index contributed by atoms with van der Waals surface area (Å²) in [5.41, 5.74) is 11.7. The van der Waals surface area contributed by atoms with Crippen LogP contribution in [0.15, 0.2) is 48.7 Å². The second-order valence-electron chi connectivity index (χ2n) is 6.81. The number of carbonyl (C=O) groups is 3. The zero-order valence-electron chi connectivity index (χ0n) is 16.0. The third-order valence-corrected chi connectivity index (χ3v) is 4.89. The number of nitrogens with one attached hydrogen (secondary N) is 1. The van der Waals surface area contributed by atoms with E-state index in [4.69, 9.17) is 11.5 Å². The Labute approximate surface area is 168 Å². The van der Waals surface area contributed by atoms with Gasteiger partial charge in [0.2, 0.25) is 11.8 Å². The van der Waals surface area contributed by atoms with E-state index in [9.17, 15) is 14.4 Å². The predicted molar refractivity (Wildman–Crippen MR) is 108 cm³/mol. The average molecular weight is 396 g/mol. The molecule has 1 aromatic carbocycles. The summed E-state index contributed by atoms with van der Waals surface area (Å²) >= 11 is 0. The molecule has 3 rings (SSSR count). The minimum atomic E-state index is -0.665. The van der Waals surface area contributed by atoms with Crippen LogP contribution < -0.4 is 21.7 Å². The first kappa shape index (κ1) is 20.1. The van der Waals surface area contributed by atoms with E-state index < -0.39 is 18.0 Å². The number of hydrogen-bond donors (Lipinski definition) is 3. The van der Waals surface area contributed by atoms with Gasteiger partial charge in [-0.1, -0.05) is 30.3 Å². The SMILES string of the molecule is NC(=O)NC(CC(=O)N1CCN(c2ccc(C(N)=O)cn2)CC1)c1ccccc1. The summed E-state index contributed by atoms with van der Waals surface area (Å²) in [6.07, 6.45) is 1.59. The van der Waals surface area contributed by atoms with Gasteiger partial charge in [0.1, 0.15) is 5.82 Å². The quantitative estimate of drug-likeness (QED) is 0.658. The van der Waals surface area contributed by atoms with Gasteiger partial charge in [0.15, 0.2) is 0 Å². The van der Waals surface area contributed by atoms with Gasteiger partial charge in [-0.3, -0.25) is 9.59 Å². The molecular weight excluding hydrogens is 372 g/mol. The molecule has 0 saturated carbocycles. The van der Waals surface area contributed by atoms with Crippen LogP contribution in [0.3, 0.4) is 0 Å². The number of hydrogen-bond acceptors (Lipinski definition) is 5. The van der Waals surface area contributed by atoms with Crippen LogP contribution in [0.1, 0.15) is 28.4 Å². The van der Waals surface area contributed by atoms with E-state index in [1.807, 2.05) is 35.2 Å². The maximum Gasteiger partial charge on any atom is 0.312 e. The van der Waals surface area contributed by atoms with Crippen molar-refractivity contribution in [3.63, 3.8) is 0 Å². The molecule has 9 nitrogen and oxygen atoms in total. The Morgan fingerprint density at radius 3 is 2.24 bits per heavy atom. The van der Waals surface area contributed by atoms with Crippen molar-refractivity contribution in [1.82, 2.24) is 15.2 Å². The third kappa shape index (κ3) is 5.22. The molecule has 5 N–H and O–H groups in total. The average Bonchev–Trinajstić information content (AvgIpc) is 2.73. The van der Waals surface area contributed by atoms with Crippen molar-refractivity contribution in [1.29, 1.82) is 0 Å². The summed E-state index contributed by atoms with van der Waals surface area (Å²) in [5.74, 6) is 0.168. The fourth-order valence-corrected chi connectivity index (χ4v) is 3.32. The van der Waals surface area contributed by atoms with Crippen molar-refractivity contribution in [3.8, 4) is 0 Å². The standard InChI is InChI=1S/C20H24N6O3/c21-19(28)15-6-7-17(23-13-15)25-8-10-26(11-9-25)18(27)12-16(24-20(22)29)14-4-2-1-3-5-14/h1-7,13,16H,8-12H2,(H2,21,28)(H3,22,24,29). The molecule has 1 aliphatic rings. The van der Waals surface area contributed by atoms with Crippen molar-refractivity contribution in [3.05, 3.63) is 59.8 Å². The number of anilines is 1. The first-order valence-electron chi connectivity index (χ1n) is 9.33. The highest BCUT2D eigenvalue weighted by molar-refractivity contribution is 5.92. The summed E-state index contributed by atoms with van der Waals surface area (Å²) in [5, 5.41) is 2.65. The molecule has 1 fully saturated rings. The van der Waals surface area contributed by atoms with Crippen LogP contribution in [-0.4, -0.2) is 53.9 Å². The van der Waals surface area contributed by atoms with Gasteiger partial charge in [-0.25, -0.2) is 9.78 Å². The highest BCUT2D eigenvalue weighted by Crippen LogP contribution is 2.19. The Kier molecular flexibility index (Phi) is 6.28. The Hall–Kier alpha value is -3.62. The number of amides is 4. The molecule has 1 aliphatic heterocycles. The van der Waals surface area contributed by atoms with E-state index in [-0.39, 0.29) is 12.3 Å². The molecule has 1 unspecified atom stereocenters. The highest BCUT2D eigenvalue weighted by Gasteiger charge is 2.25. The van der Waals surface area contributed by atoms with Gasteiger partial charge in [0.25, 0.3) is 0 Å². The summed E-state index contributed by atoms with van der Waals surface area (Å²) in [4.78, 5) is 43.4. The first-order valence-corrected chi connectivity index (χ1v) is 9.33. The lowest BCUT2D eigenvalue weighted by molar-refractivity contribution is -0.132. The lowest BCUT2D eigenvalue weighted by Crippen LogP contribution is -2.49. The molecular formula is C20H24N6O3. The molecule has 1 atom stereocenters. The topological polar surface area (TPSA) is 135 Å². The molecule has 1 aromatic heterocycles. The molecule has 2 aromatic rings. The molecule has 0 aliphatic carbocycles. The van der Waals surface area contributed by atoms with E-state index in [0.717, 1.165) is 11.4 Å². The minimum Gasteiger partial charge on any atom is -0.366 e. The molecule has 152 valence electrons. The Morgan fingerprint density at radius 1 is 1.00 bits per heavy atom. The van der Waals surface area contributed by atoms with Crippen molar-refractivity contribution in [2.24, 2.45) is 11.5 Å². The number of rotatable bonds is 6. The van der Waals surface area contributed by atoms with Crippen LogP contribution in [0, 0.1) is 0 Å². The van der Waals surface area contributed by atoms with Crippen LogP contribution in [-0.2, 0) is 4.79 Å². The molecule has 2 heterocycles. The fraction of sp³-hybridized carbons (Fsp3) is 0.300. The van der Waals surface area contributed by atoms with Crippen molar-refractivity contribution < 1.29 is 14.4 Å². The zero-order chi connectivity index (χ0) is 20.8. The summed E-state index contributed by atoms with van der Waals surface area (Å²) < 4.78 is 0. The van der Waals surface area contributed by atoms with Gasteiger partial charge >= 0.3 is 6.03 Å². The largest absolute Gasteiger partial charge is 0.366 e. The van der Waals surface area contributed by atoms with Gasteiger partial charge in [-0.15, -0.1) is 0 Å². The van der Waals surface area contributed by atoms with Gasteiger partial charge in [0, 0.05) is 32.4 Å². The molecule has 1 saturated heterocycles. The Balaban J connectivity index is 1.58. The summed E-state index contributed by atoms with van der Waals surface area (Å²) in [6, 6.07) is 11.5. The van der Waals surface area contributed by atoms with Crippen LogP contribution in [0.5, 0.6) is 0 Å². The maximum atomic E-state index is 12.8. The number of benzene rings is 1. The number of pyridine rings is 1. The van der Waals surface area contributed by atoms with Crippen LogP contribution in [0.2, 0.25) is 0 Å². The van der Waals surface area contributed by atoms with E-state index >= 15 is 0 Å². The molecule has 0 radical (unpaired) electrons. The van der Waals surface area contributed by atoms with Crippen LogP contribution in [0.25, 0.3) is 0 Å². The van der Waals surface area contributed by atoms with Gasteiger partial charge in [0.05, 0.1) is 18.0 Å². The van der Waals surface area contributed by atoms with E-state index in [1.165, 1.54) is 6.20 Å². The Bertz CT molecular complexity index is 864. The smallest absolute Gasteiger partial charge is 0.312 e. The molecule has 9 heteroatoms. The number of nitrogens with two attached hydrogens (primary N) is 2. The summed E-state index contributed by atoms with van der Waals surface area (Å²) in [6.45, 7) is 2.31. The number of carbonyl (C=O) groups excluding carboxylic acids is 3. The van der Waals surface area contributed by atoms with E-state index in [1.54, 1.807) is 17.0 Å². The molecule has 0 spiro atoms. The lowest BCUT2D eigenvalue weighted by atomic mass is 10.0. The van der Waals surface area contributed by atoms with Crippen LogP contribution in [0.4, 0.5) is 10.6 Å². The third-order valence-electron chi connectivity index (χ3n) is 4.89. The minimum absolute atomic E-state index is 0.0516. The molecule has 4 amide bonds. The van der Waals surface area contributed by atoms with Crippen molar-refractivity contribution in [2.45, 2.75) is 12.5 Å². The van der Waals surface area contributed by atoms with Gasteiger partial charge in [-0.2, -0.15) is 0 Å². The fourth-order valence-electron chi connectivity index (χ4n) is 3.32. The highest BCUT2D eigenvalue weighted by atomic mass is 16.2. The molecule has 29 heavy (non-hydrogen) atoms. The number of aromatic nitrogens is 1. The normalized spacial score (nSPS) is 14.9.